The lowest BCUT2D eigenvalue weighted by molar-refractivity contribution is 0.408. The van der Waals surface area contributed by atoms with Crippen LogP contribution in [-0.4, -0.2) is 0 Å². The third kappa shape index (κ3) is 10.0. The minimum atomic E-state index is 1.00. The van der Waals surface area contributed by atoms with Crippen LogP contribution in [0.1, 0.15) is 78.1 Å². The first-order chi connectivity index (χ1) is 7.35. The summed E-state index contributed by atoms with van der Waals surface area (Å²) in [5.74, 6) is 1.00. The molecular weight excluding hydrogens is 180 g/mol. The van der Waals surface area contributed by atoms with Gasteiger partial charge in [-0.25, -0.2) is 0 Å². The summed E-state index contributed by atoms with van der Waals surface area (Å²) >= 11 is 0. The van der Waals surface area contributed by atoms with Crippen LogP contribution >= 0.6 is 0 Å². The Morgan fingerprint density at radius 3 is 2.20 bits per heavy atom. The molecule has 0 aliphatic rings. The lowest BCUT2D eigenvalue weighted by Crippen LogP contribution is -1.97. The van der Waals surface area contributed by atoms with Gasteiger partial charge in [-0.2, -0.15) is 0 Å². The molecule has 0 aliphatic carbocycles. The van der Waals surface area contributed by atoms with Gasteiger partial charge in [0.25, 0.3) is 0 Å². The highest BCUT2D eigenvalue weighted by molar-refractivity contribution is 4.65. The number of allylic oxidation sites excluding steroid dienone is 1. The Labute approximate surface area is 97.2 Å². The highest BCUT2D eigenvalue weighted by Gasteiger charge is 2.03. The van der Waals surface area contributed by atoms with Crippen molar-refractivity contribution in [3.63, 3.8) is 0 Å². The molecule has 90 valence electrons. The molecule has 0 nitrogen and oxygen atoms in total. The Bertz CT molecular complexity index is 126. The van der Waals surface area contributed by atoms with Crippen molar-refractivity contribution in [3.8, 4) is 0 Å². The molecule has 0 bridgehead atoms. The molecule has 0 N–H and O–H groups in total. The molecule has 1 atom stereocenters. The van der Waals surface area contributed by atoms with Crippen LogP contribution in [0.4, 0.5) is 0 Å². The molecule has 0 saturated carbocycles. The molecule has 0 rings (SSSR count). The first-order valence-electron chi connectivity index (χ1n) is 6.96. The molecule has 0 aromatic heterocycles. The van der Waals surface area contributed by atoms with Gasteiger partial charge in [0, 0.05) is 0 Å². The van der Waals surface area contributed by atoms with E-state index in [0.29, 0.717) is 0 Å². The van der Waals surface area contributed by atoms with Gasteiger partial charge < -0.3 is 0 Å². The fourth-order valence-corrected chi connectivity index (χ4v) is 2.21. The first-order valence-corrected chi connectivity index (χ1v) is 6.96. The average molecular weight is 210 g/mol. The van der Waals surface area contributed by atoms with Gasteiger partial charge >= 0.3 is 0 Å². The van der Waals surface area contributed by atoms with Crippen LogP contribution in [0.25, 0.3) is 0 Å². The van der Waals surface area contributed by atoms with Crippen LogP contribution in [0, 0.1) is 5.92 Å². The quantitative estimate of drug-likeness (QED) is 0.302. The fourth-order valence-electron chi connectivity index (χ4n) is 2.21. The number of unbranched alkanes of at least 4 members (excludes halogenated alkanes) is 5. The maximum absolute atomic E-state index is 3.75. The predicted octanol–water partition coefficient (Wildman–Crippen LogP) is 5.73. The molecule has 0 radical (unpaired) electrons. The summed E-state index contributed by atoms with van der Waals surface area (Å²) in [7, 11) is 0. The Morgan fingerprint density at radius 1 is 0.933 bits per heavy atom. The summed E-state index contributed by atoms with van der Waals surface area (Å²) in [4.78, 5) is 0. The Morgan fingerprint density at radius 2 is 1.60 bits per heavy atom. The Hall–Kier alpha value is -0.260. The maximum atomic E-state index is 3.75. The summed E-state index contributed by atoms with van der Waals surface area (Å²) in [6.07, 6.45) is 15.9. The van der Waals surface area contributed by atoms with Crippen molar-refractivity contribution in [1.29, 1.82) is 0 Å². The molecule has 0 heteroatoms. The standard InChI is InChI=1S/C15H30/c1-4-7-8-9-10-11-12-14-15(6-3)13-5-2/h4,15H,1,5-14H2,2-3H3. The smallest absolute Gasteiger partial charge is 0.0353 e. The molecule has 0 aromatic carbocycles. The van der Waals surface area contributed by atoms with E-state index in [1.807, 2.05) is 6.08 Å². The summed E-state index contributed by atoms with van der Waals surface area (Å²) in [6.45, 7) is 8.39. The summed E-state index contributed by atoms with van der Waals surface area (Å²) < 4.78 is 0. The van der Waals surface area contributed by atoms with Gasteiger partial charge in [0.1, 0.15) is 0 Å². The molecule has 0 aromatic rings. The van der Waals surface area contributed by atoms with E-state index in [1.165, 1.54) is 64.2 Å². The topological polar surface area (TPSA) is 0 Å². The second-order valence-corrected chi connectivity index (χ2v) is 4.70. The molecule has 0 saturated heterocycles. The number of rotatable bonds is 11. The zero-order valence-corrected chi connectivity index (χ0v) is 10.9. The van der Waals surface area contributed by atoms with Gasteiger partial charge in [-0.05, 0) is 18.8 Å². The van der Waals surface area contributed by atoms with Crippen molar-refractivity contribution in [1.82, 2.24) is 0 Å². The third-order valence-electron chi connectivity index (χ3n) is 3.29. The first kappa shape index (κ1) is 14.7. The molecule has 0 aliphatic heterocycles. The van der Waals surface area contributed by atoms with Crippen LogP contribution in [0.2, 0.25) is 0 Å². The van der Waals surface area contributed by atoms with Crippen LogP contribution in [0.15, 0.2) is 12.7 Å². The van der Waals surface area contributed by atoms with E-state index in [4.69, 9.17) is 0 Å². The number of hydrogen-bond donors (Lipinski definition) is 0. The highest BCUT2D eigenvalue weighted by Crippen LogP contribution is 2.19. The van der Waals surface area contributed by atoms with E-state index in [9.17, 15) is 0 Å². The van der Waals surface area contributed by atoms with Crippen molar-refractivity contribution in [2.45, 2.75) is 78.1 Å². The zero-order valence-electron chi connectivity index (χ0n) is 10.9. The molecule has 1 unspecified atom stereocenters. The van der Waals surface area contributed by atoms with Crippen LogP contribution in [0.5, 0.6) is 0 Å². The van der Waals surface area contributed by atoms with Crippen LogP contribution in [-0.2, 0) is 0 Å². The highest BCUT2D eigenvalue weighted by atomic mass is 14.1. The largest absolute Gasteiger partial charge is 0.103 e. The van der Waals surface area contributed by atoms with Crippen molar-refractivity contribution in [2.75, 3.05) is 0 Å². The summed E-state index contributed by atoms with van der Waals surface area (Å²) in [5, 5.41) is 0. The van der Waals surface area contributed by atoms with Gasteiger partial charge in [-0.3, -0.25) is 0 Å². The molecule has 0 heterocycles. The second-order valence-electron chi connectivity index (χ2n) is 4.70. The third-order valence-corrected chi connectivity index (χ3v) is 3.29. The molecule has 15 heavy (non-hydrogen) atoms. The maximum Gasteiger partial charge on any atom is -0.0353 e. The number of hydrogen-bond acceptors (Lipinski definition) is 0. The van der Waals surface area contributed by atoms with E-state index in [-0.39, 0.29) is 0 Å². The van der Waals surface area contributed by atoms with E-state index in [1.54, 1.807) is 0 Å². The molecular formula is C15H30. The SMILES string of the molecule is C=CCCCCCCCC(CC)CCC. The van der Waals surface area contributed by atoms with Gasteiger partial charge in [-0.15, -0.1) is 6.58 Å². The van der Waals surface area contributed by atoms with Gasteiger partial charge in [0.15, 0.2) is 0 Å². The normalized spacial score (nSPS) is 12.7. The lowest BCUT2D eigenvalue weighted by Gasteiger charge is -2.12. The van der Waals surface area contributed by atoms with Crippen molar-refractivity contribution in [2.24, 2.45) is 5.92 Å². The van der Waals surface area contributed by atoms with E-state index < -0.39 is 0 Å². The molecule has 0 amide bonds. The van der Waals surface area contributed by atoms with E-state index in [2.05, 4.69) is 20.4 Å². The fraction of sp³-hybridized carbons (Fsp3) is 0.867. The average Bonchev–Trinajstić information content (AvgIpc) is 2.26. The Balaban J connectivity index is 3.17. The molecule has 0 fully saturated rings. The minimum absolute atomic E-state index is 1.00. The monoisotopic (exact) mass is 210 g/mol. The van der Waals surface area contributed by atoms with Gasteiger partial charge in [0.2, 0.25) is 0 Å². The molecule has 0 spiro atoms. The van der Waals surface area contributed by atoms with Crippen molar-refractivity contribution in [3.05, 3.63) is 12.7 Å². The minimum Gasteiger partial charge on any atom is -0.103 e. The Kier molecular flexibility index (Phi) is 11.6. The van der Waals surface area contributed by atoms with Crippen molar-refractivity contribution >= 4 is 0 Å². The van der Waals surface area contributed by atoms with Gasteiger partial charge in [-0.1, -0.05) is 71.3 Å². The zero-order chi connectivity index (χ0) is 11.4. The van der Waals surface area contributed by atoms with Gasteiger partial charge in [0.05, 0.1) is 0 Å². The summed E-state index contributed by atoms with van der Waals surface area (Å²) in [6, 6.07) is 0. The van der Waals surface area contributed by atoms with Crippen LogP contribution in [0.3, 0.4) is 0 Å². The lowest BCUT2D eigenvalue weighted by atomic mass is 9.94. The van der Waals surface area contributed by atoms with Crippen molar-refractivity contribution < 1.29 is 0 Å². The van der Waals surface area contributed by atoms with E-state index in [0.717, 1.165) is 5.92 Å². The second kappa shape index (κ2) is 11.8. The predicted molar refractivity (Wildman–Crippen MR) is 71.2 cm³/mol. The summed E-state index contributed by atoms with van der Waals surface area (Å²) in [5.41, 5.74) is 0. The van der Waals surface area contributed by atoms with Crippen LogP contribution < -0.4 is 0 Å². The van der Waals surface area contributed by atoms with E-state index >= 15 is 0 Å².